The van der Waals surface area contributed by atoms with Crippen molar-refractivity contribution < 1.29 is 9.59 Å². The fourth-order valence-corrected chi connectivity index (χ4v) is 2.59. The zero-order valence-corrected chi connectivity index (χ0v) is 13.2. The summed E-state index contributed by atoms with van der Waals surface area (Å²) in [6.45, 7) is 5.57. The van der Waals surface area contributed by atoms with Crippen LogP contribution >= 0.6 is 11.8 Å². The highest BCUT2D eigenvalue weighted by atomic mass is 32.2. The molecule has 22 heavy (non-hydrogen) atoms. The van der Waals surface area contributed by atoms with E-state index in [1.165, 1.54) is 0 Å². The minimum atomic E-state index is -0.883. The molecule has 0 aliphatic heterocycles. The number of urea groups is 1. The summed E-state index contributed by atoms with van der Waals surface area (Å²) in [5, 5.41) is 13.5. The van der Waals surface area contributed by atoms with Crippen molar-refractivity contribution in [1.29, 1.82) is 0 Å². The summed E-state index contributed by atoms with van der Waals surface area (Å²) in [6, 6.07) is 5.05. The van der Waals surface area contributed by atoms with E-state index in [1.54, 1.807) is 11.6 Å². The Labute approximate surface area is 131 Å². The van der Waals surface area contributed by atoms with Crippen LogP contribution in [0.15, 0.2) is 23.4 Å². The topological polar surface area (TPSA) is 116 Å². The predicted octanol–water partition coefficient (Wildman–Crippen LogP) is 0.955. The summed E-state index contributed by atoms with van der Waals surface area (Å²) < 4.78 is 1.57. The number of amides is 3. The van der Waals surface area contributed by atoms with Gasteiger partial charge in [-0.1, -0.05) is 23.9 Å². The highest BCUT2D eigenvalue weighted by Crippen LogP contribution is 2.24. The molecule has 0 saturated heterocycles. The average Bonchev–Trinajstić information content (AvgIpc) is 2.88. The van der Waals surface area contributed by atoms with Gasteiger partial charge in [0.05, 0.1) is 10.9 Å². The molecule has 8 nitrogen and oxygen atoms in total. The SMILES string of the molecule is Cc1ccc(C)c(-n2nnnc2S[C@H](C)C(=O)NC(N)=O)c1. The number of thioether (sulfide) groups is 1. The van der Waals surface area contributed by atoms with Crippen LogP contribution in [-0.2, 0) is 4.79 Å². The maximum Gasteiger partial charge on any atom is 0.318 e. The molecule has 0 spiro atoms. The fraction of sp³-hybridized carbons (Fsp3) is 0.308. The number of primary amides is 1. The van der Waals surface area contributed by atoms with Crippen LogP contribution in [0.5, 0.6) is 0 Å². The summed E-state index contributed by atoms with van der Waals surface area (Å²) in [6.07, 6.45) is 0. The average molecular weight is 320 g/mol. The van der Waals surface area contributed by atoms with Gasteiger partial charge in [0.15, 0.2) is 0 Å². The first-order valence-electron chi connectivity index (χ1n) is 6.51. The molecular formula is C13H16N6O2S. The molecule has 0 aliphatic rings. The third-order valence-electron chi connectivity index (χ3n) is 2.93. The first-order chi connectivity index (χ1) is 10.4. The minimum absolute atomic E-state index is 0.459. The maximum atomic E-state index is 11.7. The summed E-state index contributed by atoms with van der Waals surface area (Å²) in [4.78, 5) is 22.5. The van der Waals surface area contributed by atoms with Gasteiger partial charge in [-0.25, -0.2) is 4.79 Å². The molecule has 0 bridgehead atoms. The van der Waals surface area contributed by atoms with Crippen LogP contribution in [0, 0.1) is 13.8 Å². The summed E-state index contributed by atoms with van der Waals surface area (Å²) >= 11 is 1.14. The van der Waals surface area contributed by atoms with E-state index in [0.29, 0.717) is 5.16 Å². The Hall–Kier alpha value is -2.42. The van der Waals surface area contributed by atoms with Crippen molar-refractivity contribution in [2.24, 2.45) is 5.73 Å². The smallest absolute Gasteiger partial charge is 0.318 e. The van der Waals surface area contributed by atoms with Crippen LogP contribution in [0.1, 0.15) is 18.1 Å². The lowest BCUT2D eigenvalue weighted by molar-refractivity contribution is -0.119. The Balaban J connectivity index is 2.25. The van der Waals surface area contributed by atoms with Gasteiger partial charge in [0.25, 0.3) is 0 Å². The molecule has 3 amide bonds. The van der Waals surface area contributed by atoms with Crippen LogP contribution in [0.4, 0.5) is 4.79 Å². The van der Waals surface area contributed by atoms with E-state index in [4.69, 9.17) is 5.73 Å². The highest BCUT2D eigenvalue weighted by Gasteiger charge is 2.20. The molecule has 1 atom stereocenters. The molecule has 3 N–H and O–H groups in total. The Morgan fingerprint density at radius 3 is 2.77 bits per heavy atom. The lowest BCUT2D eigenvalue weighted by Gasteiger charge is -2.11. The molecule has 1 heterocycles. The first-order valence-corrected chi connectivity index (χ1v) is 7.39. The molecule has 0 aliphatic carbocycles. The Kier molecular flexibility index (Phi) is 4.76. The third-order valence-corrected chi connectivity index (χ3v) is 3.96. The van der Waals surface area contributed by atoms with E-state index in [-0.39, 0.29) is 0 Å². The number of hydrogen-bond donors (Lipinski definition) is 2. The van der Waals surface area contributed by atoms with Crippen molar-refractivity contribution >= 4 is 23.7 Å². The molecule has 0 saturated carbocycles. The first kappa shape index (κ1) is 16.0. The van der Waals surface area contributed by atoms with Gasteiger partial charge in [-0.15, -0.1) is 5.10 Å². The Bertz CT molecular complexity index is 714. The predicted molar refractivity (Wildman–Crippen MR) is 81.7 cm³/mol. The van der Waals surface area contributed by atoms with Gasteiger partial charge in [-0.2, -0.15) is 4.68 Å². The van der Waals surface area contributed by atoms with Crippen LogP contribution in [0.25, 0.3) is 5.69 Å². The van der Waals surface area contributed by atoms with E-state index in [2.05, 4.69) is 15.5 Å². The summed E-state index contributed by atoms with van der Waals surface area (Å²) in [5.74, 6) is -0.493. The molecule has 0 fully saturated rings. The molecule has 9 heteroatoms. The number of aromatic nitrogens is 4. The molecule has 1 aromatic heterocycles. The second-order valence-electron chi connectivity index (χ2n) is 4.78. The standard InChI is InChI=1S/C13H16N6O2S/c1-7-4-5-8(2)10(6-7)19-13(16-17-18-19)22-9(3)11(20)15-12(14)21/h4-6,9H,1-3H3,(H3,14,15,20,21)/t9-/m1/s1. The number of nitrogens with one attached hydrogen (secondary N) is 1. The highest BCUT2D eigenvalue weighted by molar-refractivity contribution is 8.00. The largest absolute Gasteiger partial charge is 0.351 e. The van der Waals surface area contributed by atoms with Gasteiger partial charge >= 0.3 is 6.03 Å². The van der Waals surface area contributed by atoms with Crippen molar-refractivity contribution in [2.75, 3.05) is 0 Å². The number of carbonyl (C=O) groups excluding carboxylic acids is 2. The molecule has 116 valence electrons. The van der Waals surface area contributed by atoms with Crippen LogP contribution in [-0.4, -0.2) is 37.4 Å². The molecule has 2 aromatic rings. The zero-order chi connectivity index (χ0) is 16.3. The van der Waals surface area contributed by atoms with Crippen molar-refractivity contribution in [1.82, 2.24) is 25.5 Å². The van der Waals surface area contributed by atoms with Gasteiger partial charge in [-0.05, 0) is 48.4 Å². The van der Waals surface area contributed by atoms with Crippen molar-refractivity contribution in [3.05, 3.63) is 29.3 Å². The van der Waals surface area contributed by atoms with Crippen molar-refractivity contribution in [3.8, 4) is 5.69 Å². The Morgan fingerprint density at radius 2 is 2.09 bits per heavy atom. The number of aryl methyl sites for hydroxylation is 2. The van der Waals surface area contributed by atoms with E-state index in [0.717, 1.165) is 28.6 Å². The summed E-state index contributed by atoms with van der Waals surface area (Å²) in [7, 11) is 0. The van der Waals surface area contributed by atoms with Gasteiger partial charge in [0.2, 0.25) is 11.1 Å². The molecule has 0 unspecified atom stereocenters. The lowest BCUT2D eigenvalue weighted by atomic mass is 10.1. The third kappa shape index (κ3) is 3.61. The van der Waals surface area contributed by atoms with Crippen LogP contribution < -0.4 is 11.1 Å². The van der Waals surface area contributed by atoms with Crippen molar-refractivity contribution in [3.63, 3.8) is 0 Å². The van der Waals surface area contributed by atoms with E-state index in [9.17, 15) is 9.59 Å². The van der Waals surface area contributed by atoms with Gasteiger partial charge < -0.3 is 5.73 Å². The second kappa shape index (κ2) is 6.56. The quantitative estimate of drug-likeness (QED) is 0.810. The van der Waals surface area contributed by atoms with Gasteiger partial charge in [0, 0.05) is 0 Å². The van der Waals surface area contributed by atoms with Crippen molar-refractivity contribution in [2.45, 2.75) is 31.2 Å². The Morgan fingerprint density at radius 1 is 1.36 bits per heavy atom. The number of carbonyl (C=O) groups is 2. The number of imide groups is 1. The number of nitrogens with two attached hydrogens (primary N) is 1. The maximum absolute atomic E-state index is 11.7. The van der Waals surface area contributed by atoms with Crippen LogP contribution in [0.3, 0.4) is 0 Å². The monoisotopic (exact) mass is 320 g/mol. The van der Waals surface area contributed by atoms with Crippen LogP contribution in [0.2, 0.25) is 0 Å². The zero-order valence-electron chi connectivity index (χ0n) is 12.4. The summed E-state index contributed by atoms with van der Waals surface area (Å²) in [5.41, 5.74) is 7.86. The molecule has 2 rings (SSSR count). The molecule has 1 aromatic carbocycles. The minimum Gasteiger partial charge on any atom is -0.351 e. The number of nitrogens with zero attached hydrogens (tertiary/aromatic N) is 4. The molecule has 0 radical (unpaired) electrons. The lowest BCUT2D eigenvalue weighted by Crippen LogP contribution is -2.39. The van der Waals surface area contributed by atoms with E-state index in [1.807, 2.05) is 37.4 Å². The fourth-order valence-electron chi connectivity index (χ4n) is 1.79. The van der Waals surface area contributed by atoms with E-state index < -0.39 is 17.2 Å². The number of rotatable bonds is 4. The van der Waals surface area contributed by atoms with Gasteiger partial charge in [-0.3, -0.25) is 10.1 Å². The van der Waals surface area contributed by atoms with Gasteiger partial charge in [0.1, 0.15) is 0 Å². The normalized spacial score (nSPS) is 12.0. The number of benzene rings is 1. The number of hydrogen-bond acceptors (Lipinski definition) is 6. The number of tetrazole rings is 1. The van der Waals surface area contributed by atoms with E-state index >= 15 is 0 Å². The second-order valence-corrected chi connectivity index (χ2v) is 6.08. The molecular weight excluding hydrogens is 304 g/mol.